The van der Waals surface area contributed by atoms with Gasteiger partial charge in [0.15, 0.2) is 0 Å². The summed E-state index contributed by atoms with van der Waals surface area (Å²) in [5.74, 6) is 4.19. The summed E-state index contributed by atoms with van der Waals surface area (Å²) in [5, 5.41) is 0. The molecule has 0 amide bonds. The van der Waals surface area contributed by atoms with Gasteiger partial charge in [0.05, 0.1) is 0 Å². The van der Waals surface area contributed by atoms with Gasteiger partial charge in [-0.3, -0.25) is 0 Å². The summed E-state index contributed by atoms with van der Waals surface area (Å²) >= 11 is 0. The SMILES string of the molecule is CC.CC.CC1CC(C)C1.CC1CC2(C1)CC(C)C2.O. The minimum Gasteiger partial charge on any atom is -0.412 e. The van der Waals surface area contributed by atoms with Gasteiger partial charge >= 0.3 is 0 Å². The Morgan fingerprint density at radius 1 is 0.550 bits per heavy atom. The number of hydrogen-bond donors (Lipinski definition) is 0. The van der Waals surface area contributed by atoms with Crippen LogP contribution in [0.25, 0.3) is 0 Å². The number of rotatable bonds is 0. The van der Waals surface area contributed by atoms with Crippen LogP contribution in [0.1, 0.15) is 93.9 Å². The Hall–Kier alpha value is -0.0400. The van der Waals surface area contributed by atoms with E-state index in [0.717, 1.165) is 29.1 Å². The van der Waals surface area contributed by atoms with Crippen molar-refractivity contribution in [3.05, 3.63) is 0 Å². The van der Waals surface area contributed by atoms with Crippen molar-refractivity contribution in [2.45, 2.75) is 93.9 Å². The molecule has 0 heterocycles. The standard InChI is InChI=1S/C9H16.C6H12.2C2H6.H2O/c1-7-3-9(4-7)5-8(2)6-9;1-5-3-6(2)4-5;2*1-2;/h7-8H,3-6H2,1-2H3;5-6H,3-4H2,1-2H3;2*1-2H3;1H2. The lowest BCUT2D eigenvalue weighted by Crippen LogP contribution is -2.45. The van der Waals surface area contributed by atoms with E-state index in [0.29, 0.717) is 0 Å². The highest BCUT2D eigenvalue weighted by molar-refractivity contribution is 5.00. The average molecular weight is 287 g/mol. The molecule has 1 nitrogen and oxygen atoms in total. The van der Waals surface area contributed by atoms with Gasteiger partial charge in [0.25, 0.3) is 0 Å². The van der Waals surface area contributed by atoms with Crippen molar-refractivity contribution in [1.29, 1.82) is 0 Å². The molecule has 0 radical (unpaired) electrons. The second-order valence-corrected chi connectivity index (χ2v) is 7.21. The highest BCUT2D eigenvalue weighted by Gasteiger charge is 2.49. The summed E-state index contributed by atoms with van der Waals surface area (Å²) in [4.78, 5) is 0. The van der Waals surface area contributed by atoms with E-state index >= 15 is 0 Å². The molecule has 0 aromatic carbocycles. The van der Waals surface area contributed by atoms with E-state index in [2.05, 4.69) is 27.7 Å². The van der Waals surface area contributed by atoms with E-state index in [1.54, 1.807) is 0 Å². The van der Waals surface area contributed by atoms with Gasteiger partial charge in [-0.05, 0) is 67.6 Å². The summed E-state index contributed by atoms with van der Waals surface area (Å²) in [6.45, 7) is 17.4. The maximum atomic E-state index is 2.38. The molecule has 20 heavy (non-hydrogen) atoms. The minimum atomic E-state index is 0. The van der Waals surface area contributed by atoms with Crippen LogP contribution in [-0.4, -0.2) is 5.48 Å². The van der Waals surface area contributed by atoms with Gasteiger partial charge in [-0.15, -0.1) is 0 Å². The van der Waals surface area contributed by atoms with Gasteiger partial charge in [-0.25, -0.2) is 0 Å². The van der Waals surface area contributed by atoms with Crippen molar-refractivity contribution in [2.75, 3.05) is 0 Å². The molecule has 3 fully saturated rings. The Labute approximate surface area is 129 Å². The maximum Gasteiger partial charge on any atom is -0.0287 e. The van der Waals surface area contributed by atoms with E-state index in [-0.39, 0.29) is 5.48 Å². The lowest BCUT2D eigenvalue weighted by atomic mass is 9.49. The fraction of sp³-hybridized carbons (Fsp3) is 1.00. The van der Waals surface area contributed by atoms with E-state index < -0.39 is 0 Å². The lowest BCUT2D eigenvalue weighted by Gasteiger charge is -2.56. The predicted octanol–water partition coefficient (Wildman–Crippen LogP) is 6.11. The van der Waals surface area contributed by atoms with Gasteiger partial charge in [0, 0.05) is 0 Å². The largest absolute Gasteiger partial charge is 0.412 e. The van der Waals surface area contributed by atoms with Crippen LogP contribution in [0.5, 0.6) is 0 Å². The van der Waals surface area contributed by atoms with E-state index in [1.807, 2.05) is 27.7 Å². The lowest BCUT2D eigenvalue weighted by molar-refractivity contribution is -0.0549. The van der Waals surface area contributed by atoms with Crippen molar-refractivity contribution in [3.63, 3.8) is 0 Å². The molecule has 0 aromatic rings. The Balaban J connectivity index is 0. The molecule has 1 spiro atoms. The maximum absolute atomic E-state index is 2.38. The van der Waals surface area contributed by atoms with Crippen LogP contribution >= 0.6 is 0 Å². The van der Waals surface area contributed by atoms with Crippen molar-refractivity contribution in [1.82, 2.24) is 0 Å². The molecule has 0 bridgehead atoms. The molecule has 0 aliphatic heterocycles. The molecular weight excluding hydrogens is 244 g/mol. The van der Waals surface area contributed by atoms with Crippen LogP contribution in [0.4, 0.5) is 0 Å². The molecule has 3 aliphatic rings. The normalized spacial score (nSPS) is 39.6. The van der Waals surface area contributed by atoms with Crippen LogP contribution in [0.2, 0.25) is 0 Å². The average Bonchev–Trinajstić information content (AvgIpc) is 2.30. The molecular formula is C19H42O. The first-order valence-corrected chi connectivity index (χ1v) is 8.99. The second-order valence-electron chi connectivity index (χ2n) is 7.21. The van der Waals surface area contributed by atoms with Crippen molar-refractivity contribution in [3.8, 4) is 0 Å². The smallest absolute Gasteiger partial charge is 0.0287 e. The second kappa shape index (κ2) is 10.7. The zero-order valence-corrected chi connectivity index (χ0v) is 15.6. The third-order valence-electron chi connectivity index (χ3n) is 4.74. The Morgan fingerprint density at radius 3 is 0.900 bits per heavy atom. The van der Waals surface area contributed by atoms with E-state index in [4.69, 9.17) is 0 Å². The molecule has 3 saturated carbocycles. The summed E-state index contributed by atoms with van der Waals surface area (Å²) in [7, 11) is 0. The summed E-state index contributed by atoms with van der Waals surface area (Å²) in [6, 6.07) is 0. The van der Waals surface area contributed by atoms with E-state index in [9.17, 15) is 0 Å². The molecule has 0 atom stereocenters. The highest BCUT2D eigenvalue weighted by Crippen LogP contribution is 2.60. The molecule has 0 aromatic heterocycles. The monoisotopic (exact) mass is 286 g/mol. The molecule has 2 N–H and O–H groups in total. The topological polar surface area (TPSA) is 31.5 Å². The van der Waals surface area contributed by atoms with E-state index in [1.165, 1.54) is 38.5 Å². The van der Waals surface area contributed by atoms with Crippen molar-refractivity contribution in [2.24, 2.45) is 29.1 Å². The summed E-state index contributed by atoms with van der Waals surface area (Å²) in [6.07, 6.45) is 9.10. The first kappa shape index (κ1) is 22.2. The Kier molecular flexibility index (Phi) is 11.8. The van der Waals surface area contributed by atoms with Crippen LogP contribution < -0.4 is 0 Å². The first-order chi connectivity index (χ1) is 8.99. The molecule has 1 heteroatoms. The van der Waals surface area contributed by atoms with Gasteiger partial charge in [-0.2, -0.15) is 0 Å². The fourth-order valence-electron chi connectivity index (χ4n) is 4.48. The predicted molar refractivity (Wildman–Crippen MR) is 93.1 cm³/mol. The van der Waals surface area contributed by atoms with Crippen LogP contribution in [-0.2, 0) is 0 Å². The third-order valence-corrected chi connectivity index (χ3v) is 4.74. The Morgan fingerprint density at radius 2 is 0.800 bits per heavy atom. The minimum absolute atomic E-state index is 0. The van der Waals surface area contributed by atoms with Gasteiger partial charge < -0.3 is 5.48 Å². The van der Waals surface area contributed by atoms with Gasteiger partial charge in [0.1, 0.15) is 0 Å². The zero-order valence-electron chi connectivity index (χ0n) is 15.6. The molecule has 0 saturated heterocycles. The van der Waals surface area contributed by atoms with Gasteiger partial charge in [-0.1, -0.05) is 55.4 Å². The first-order valence-electron chi connectivity index (χ1n) is 8.99. The molecule has 3 aliphatic carbocycles. The molecule has 3 rings (SSSR count). The quantitative estimate of drug-likeness (QED) is 0.514. The third kappa shape index (κ3) is 6.61. The summed E-state index contributed by atoms with van der Waals surface area (Å²) < 4.78 is 0. The summed E-state index contributed by atoms with van der Waals surface area (Å²) in [5.41, 5.74) is 0.888. The van der Waals surface area contributed by atoms with Crippen molar-refractivity contribution >= 4 is 0 Å². The van der Waals surface area contributed by atoms with Gasteiger partial charge in [0.2, 0.25) is 0 Å². The number of hydrogen-bond acceptors (Lipinski definition) is 0. The highest BCUT2D eigenvalue weighted by atomic mass is 16.0. The Bertz CT molecular complexity index is 180. The molecule has 0 unspecified atom stereocenters. The van der Waals surface area contributed by atoms with Crippen LogP contribution in [0, 0.1) is 29.1 Å². The van der Waals surface area contributed by atoms with Crippen LogP contribution in [0.3, 0.4) is 0 Å². The zero-order chi connectivity index (χ0) is 15.1. The van der Waals surface area contributed by atoms with Crippen molar-refractivity contribution < 1.29 is 5.48 Å². The molecule has 124 valence electrons. The fourth-order valence-corrected chi connectivity index (χ4v) is 4.48. The van der Waals surface area contributed by atoms with Crippen LogP contribution in [0.15, 0.2) is 0 Å².